The van der Waals surface area contributed by atoms with Gasteiger partial charge in [0.2, 0.25) is 0 Å². The molecular weight excluding hydrogens is 406 g/mol. The third kappa shape index (κ3) is 3.85. The number of likely N-dealkylation sites (tertiary alicyclic amines) is 1. The highest BCUT2D eigenvalue weighted by Crippen LogP contribution is 2.40. The summed E-state index contributed by atoms with van der Waals surface area (Å²) in [4.78, 5) is 27.7. The minimum atomic E-state index is -1.42. The van der Waals surface area contributed by atoms with Crippen LogP contribution in [0.25, 0.3) is 0 Å². The zero-order valence-corrected chi connectivity index (χ0v) is 17.0. The lowest BCUT2D eigenvalue weighted by atomic mass is 9.67. The van der Waals surface area contributed by atoms with Crippen molar-refractivity contribution in [1.82, 2.24) is 4.90 Å². The molecule has 1 fully saturated rings. The van der Waals surface area contributed by atoms with Crippen LogP contribution in [0.3, 0.4) is 0 Å². The SMILES string of the molecule is CCC1N(Cc2ccccc2)CCC(=O)C1(Cc1ccccc1Br)C(=O)O. The van der Waals surface area contributed by atoms with Gasteiger partial charge >= 0.3 is 5.97 Å². The van der Waals surface area contributed by atoms with Gasteiger partial charge in [0, 0.05) is 30.0 Å². The highest BCUT2D eigenvalue weighted by Gasteiger charge is 2.55. The number of rotatable bonds is 6. The quantitative estimate of drug-likeness (QED) is 0.694. The van der Waals surface area contributed by atoms with E-state index in [0.29, 0.717) is 19.5 Å². The minimum absolute atomic E-state index is 0.165. The van der Waals surface area contributed by atoms with Crippen LogP contribution >= 0.6 is 15.9 Å². The number of hydrogen-bond donors (Lipinski definition) is 1. The van der Waals surface area contributed by atoms with Crippen molar-refractivity contribution in [1.29, 1.82) is 0 Å². The Labute approximate surface area is 168 Å². The van der Waals surface area contributed by atoms with Crippen LogP contribution in [0.5, 0.6) is 0 Å². The molecule has 0 bridgehead atoms. The van der Waals surface area contributed by atoms with Crippen molar-refractivity contribution in [3.05, 3.63) is 70.2 Å². The maximum atomic E-state index is 13.0. The number of aliphatic carboxylic acids is 1. The topological polar surface area (TPSA) is 57.6 Å². The second kappa shape index (κ2) is 8.36. The lowest BCUT2D eigenvalue weighted by Gasteiger charge is -2.46. The fourth-order valence-electron chi connectivity index (χ4n) is 4.23. The fraction of sp³-hybridized carbons (Fsp3) is 0.364. The van der Waals surface area contributed by atoms with E-state index in [4.69, 9.17) is 0 Å². The summed E-state index contributed by atoms with van der Waals surface area (Å²) in [6.07, 6.45) is 1.07. The maximum Gasteiger partial charge on any atom is 0.319 e. The molecule has 0 aromatic heterocycles. The Morgan fingerprint density at radius 3 is 2.48 bits per heavy atom. The van der Waals surface area contributed by atoms with E-state index in [1.807, 2.05) is 61.5 Å². The van der Waals surface area contributed by atoms with Crippen LogP contribution in [0.4, 0.5) is 0 Å². The predicted molar refractivity (Wildman–Crippen MR) is 108 cm³/mol. The predicted octanol–water partition coefficient (Wildman–Crippen LogP) is 4.32. The molecule has 1 N–H and O–H groups in total. The third-order valence-electron chi connectivity index (χ3n) is 5.56. The monoisotopic (exact) mass is 429 g/mol. The molecule has 2 aromatic rings. The number of nitrogens with zero attached hydrogens (tertiary/aromatic N) is 1. The molecule has 1 aliphatic rings. The van der Waals surface area contributed by atoms with Gasteiger partial charge in [-0.2, -0.15) is 0 Å². The maximum absolute atomic E-state index is 13.0. The van der Waals surface area contributed by atoms with E-state index in [0.717, 1.165) is 15.6 Å². The van der Waals surface area contributed by atoms with E-state index in [2.05, 4.69) is 20.8 Å². The Bertz CT molecular complexity index is 823. The summed E-state index contributed by atoms with van der Waals surface area (Å²) in [5.41, 5.74) is 0.560. The van der Waals surface area contributed by atoms with Gasteiger partial charge in [0.05, 0.1) is 0 Å². The molecule has 4 nitrogen and oxygen atoms in total. The summed E-state index contributed by atoms with van der Waals surface area (Å²) in [5, 5.41) is 10.2. The second-order valence-electron chi connectivity index (χ2n) is 7.10. The first-order valence-corrected chi connectivity index (χ1v) is 10.1. The van der Waals surface area contributed by atoms with Crippen LogP contribution in [0.2, 0.25) is 0 Å². The Balaban J connectivity index is 1.99. The van der Waals surface area contributed by atoms with E-state index < -0.39 is 11.4 Å². The Morgan fingerprint density at radius 1 is 1.19 bits per heavy atom. The molecule has 3 rings (SSSR count). The second-order valence-corrected chi connectivity index (χ2v) is 7.95. The molecule has 27 heavy (non-hydrogen) atoms. The number of hydrogen-bond acceptors (Lipinski definition) is 3. The fourth-order valence-corrected chi connectivity index (χ4v) is 4.66. The largest absolute Gasteiger partial charge is 0.480 e. The Morgan fingerprint density at radius 2 is 1.85 bits per heavy atom. The summed E-state index contributed by atoms with van der Waals surface area (Å²) in [6, 6.07) is 17.2. The number of carbonyl (C=O) groups excluding carboxylic acids is 1. The van der Waals surface area contributed by atoms with Gasteiger partial charge in [-0.1, -0.05) is 71.4 Å². The lowest BCUT2D eigenvalue weighted by molar-refractivity contribution is -0.164. The summed E-state index contributed by atoms with van der Waals surface area (Å²) in [6.45, 7) is 3.22. The van der Waals surface area contributed by atoms with Crippen molar-refractivity contribution in [2.75, 3.05) is 6.54 Å². The van der Waals surface area contributed by atoms with E-state index >= 15 is 0 Å². The summed E-state index contributed by atoms with van der Waals surface area (Å²) < 4.78 is 0.841. The molecule has 2 unspecified atom stereocenters. The summed E-state index contributed by atoms with van der Waals surface area (Å²) >= 11 is 3.51. The molecule has 1 saturated heterocycles. The van der Waals surface area contributed by atoms with Crippen molar-refractivity contribution in [2.24, 2.45) is 5.41 Å². The van der Waals surface area contributed by atoms with Gasteiger partial charge in [-0.25, -0.2) is 0 Å². The van der Waals surface area contributed by atoms with Gasteiger partial charge in [0.1, 0.15) is 5.41 Å². The van der Waals surface area contributed by atoms with E-state index in [9.17, 15) is 14.7 Å². The van der Waals surface area contributed by atoms with Crippen LogP contribution in [-0.2, 0) is 22.6 Å². The van der Waals surface area contributed by atoms with Gasteiger partial charge in [0.15, 0.2) is 5.78 Å². The number of Topliss-reactive ketones (excluding diaryl/α,β-unsaturated/α-hetero) is 1. The lowest BCUT2D eigenvalue weighted by Crippen LogP contribution is -2.61. The van der Waals surface area contributed by atoms with Crippen LogP contribution in [0.15, 0.2) is 59.1 Å². The van der Waals surface area contributed by atoms with Crippen molar-refractivity contribution >= 4 is 27.7 Å². The standard InChI is InChI=1S/C22H24BrNO3/c1-2-19-22(21(26)27,14-17-10-6-7-11-18(17)23)20(25)12-13-24(19)15-16-8-4-3-5-9-16/h3-11,19H,2,12-15H2,1H3,(H,26,27). The highest BCUT2D eigenvalue weighted by atomic mass is 79.9. The molecule has 1 heterocycles. The van der Waals surface area contributed by atoms with E-state index in [1.54, 1.807) is 0 Å². The van der Waals surface area contributed by atoms with E-state index in [-0.39, 0.29) is 24.7 Å². The molecule has 2 atom stereocenters. The average molecular weight is 430 g/mol. The molecule has 2 aromatic carbocycles. The number of carboxylic acid groups (broad SMARTS) is 1. The van der Waals surface area contributed by atoms with Crippen LogP contribution in [0, 0.1) is 5.41 Å². The van der Waals surface area contributed by atoms with Gasteiger partial charge in [-0.15, -0.1) is 0 Å². The van der Waals surface area contributed by atoms with Crippen molar-refractivity contribution in [3.8, 4) is 0 Å². The molecular formula is C22H24BrNO3. The first-order valence-electron chi connectivity index (χ1n) is 9.27. The molecule has 0 aliphatic carbocycles. The normalized spacial score (nSPS) is 23.3. The number of benzene rings is 2. The molecule has 0 amide bonds. The van der Waals surface area contributed by atoms with Gasteiger partial charge in [-0.3, -0.25) is 14.5 Å². The smallest absolute Gasteiger partial charge is 0.319 e. The first kappa shape index (κ1) is 19.8. The number of carbonyl (C=O) groups is 2. The average Bonchev–Trinajstić information content (AvgIpc) is 2.66. The summed E-state index contributed by atoms with van der Waals surface area (Å²) in [7, 11) is 0. The number of halogens is 1. The van der Waals surface area contributed by atoms with Gasteiger partial charge < -0.3 is 5.11 Å². The Kier molecular flexibility index (Phi) is 6.12. The summed E-state index contributed by atoms with van der Waals surface area (Å²) in [5.74, 6) is -1.19. The van der Waals surface area contributed by atoms with Crippen molar-refractivity contribution in [2.45, 2.75) is 38.8 Å². The van der Waals surface area contributed by atoms with Crippen molar-refractivity contribution < 1.29 is 14.7 Å². The Hall–Kier alpha value is -1.98. The molecule has 1 aliphatic heterocycles. The zero-order chi connectivity index (χ0) is 19.4. The number of piperidine rings is 1. The van der Waals surface area contributed by atoms with Crippen molar-refractivity contribution in [3.63, 3.8) is 0 Å². The highest BCUT2D eigenvalue weighted by molar-refractivity contribution is 9.10. The molecule has 0 saturated carbocycles. The van der Waals surface area contributed by atoms with Gasteiger partial charge in [0.25, 0.3) is 0 Å². The molecule has 142 valence electrons. The van der Waals surface area contributed by atoms with Crippen LogP contribution in [-0.4, -0.2) is 34.3 Å². The number of carboxylic acids is 1. The van der Waals surface area contributed by atoms with Gasteiger partial charge in [-0.05, 0) is 30.0 Å². The molecule has 5 heteroatoms. The molecule has 0 radical (unpaired) electrons. The van der Waals surface area contributed by atoms with E-state index in [1.165, 1.54) is 0 Å². The van der Waals surface area contributed by atoms with Crippen LogP contribution < -0.4 is 0 Å². The number of ketones is 1. The third-order valence-corrected chi connectivity index (χ3v) is 6.33. The molecule has 0 spiro atoms. The van der Waals surface area contributed by atoms with Crippen LogP contribution in [0.1, 0.15) is 30.9 Å². The first-order chi connectivity index (χ1) is 13.0. The zero-order valence-electron chi connectivity index (χ0n) is 15.4. The minimum Gasteiger partial charge on any atom is -0.480 e.